The topological polar surface area (TPSA) is 94.4 Å². The Morgan fingerprint density at radius 3 is 2.75 bits per heavy atom. The molecule has 1 unspecified atom stereocenters. The molecule has 174 valence electrons. The van der Waals surface area contributed by atoms with Crippen LogP contribution in [-0.4, -0.2) is 69.0 Å². The van der Waals surface area contributed by atoms with Gasteiger partial charge >= 0.3 is 6.09 Å². The Kier molecular flexibility index (Phi) is 6.38. The van der Waals surface area contributed by atoms with Gasteiger partial charge in [0.25, 0.3) is 5.95 Å². The van der Waals surface area contributed by atoms with Crippen molar-refractivity contribution < 1.29 is 27.4 Å². The number of rotatable bonds is 6. The highest BCUT2D eigenvalue weighted by molar-refractivity contribution is 5.67. The van der Waals surface area contributed by atoms with Crippen LogP contribution in [0.3, 0.4) is 0 Å². The average molecular weight is 454 g/mol. The number of carbonyl (C=O) groups excluding carboxylic acids is 1. The first-order valence-corrected chi connectivity index (χ1v) is 10.5. The Morgan fingerprint density at radius 2 is 2.06 bits per heavy atom. The maximum atomic E-state index is 13.5. The van der Waals surface area contributed by atoms with E-state index in [1.165, 1.54) is 29.0 Å². The lowest BCUT2D eigenvalue weighted by molar-refractivity contribution is -0.0361. The predicted molar refractivity (Wildman–Crippen MR) is 108 cm³/mol. The van der Waals surface area contributed by atoms with Crippen LogP contribution in [0.4, 0.5) is 23.8 Å². The summed E-state index contributed by atoms with van der Waals surface area (Å²) in [5.74, 6) is -1.82. The molecule has 2 aromatic heterocycles. The second-order valence-corrected chi connectivity index (χ2v) is 8.00. The number of nitrogens with zero attached hydrogens (tertiary/aromatic N) is 5. The normalized spacial score (nSPS) is 20.9. The van der Waals surface area contributed by atoms with E-state index in [9.17, 15) is 18.0 Å². The van der Waals surface area contributed by atoms with Crippen molar-refractivity contribution in [2.45, 2.75) is 56.8 Å². The summed E-state index contributed by atoms with van der Waals surface area (Å²) in [6.45, 7) is 0.117. The summed E-state index contributed by atoms with van der Waals surface area (Å²) in [5.41, 5.74) is 0.230. The fourth-order valence-corrected chi connectivity index (χ4v) is 3.88. The zero-order valence-corrected chi connectivity index (χ0v) is 17.6. The number of hydrogen-bond acceptors (Lipinski definition) is 7. The molecule has 1 saturated carbocycles. The van der Waals surface area contributed by atoms with E-state index in [4.69, 9.17) is 9.47 Å². The maximum absolute atomic E-state index is 13.5. The number of amides is 1. The molecule has 1 amide bonds. The lowest BCUT2D eigenvalue weighted by Crippen LogP contribution is -2.32. The van der Waals surface area contributed by atoms with Gasteiger partial charge in [0.1, 0.15) is 18.6 Å². The highest BCUT2D eigenvalue weighted by Crippen LogP contribution is 2.34. The number of carbonyl (C=O) groups is 1. The van der Waals surface area contributed by atoms with Crippen molar-refractivity contribution in [1.29, 1.82) is 0 Å². The minimum absolute atomic E-state index is 0.161. The molecule has 1 saturated heterocycles. The Balaban J connectivity index is 1.53. The first-order valence-electron chi connectivity index (χ1n) is 10.5. The fraction of sp³-hybridized carbons (Fsp3) is 0.600. The van der Waals surface area contributed by atoms with Gasteiger partial charge in [0.15, 0.2) is 0 Å². The summed E-state index contributed by atoms with van der Waals surface area (Å²) in [4.78, 5) is 22.0. The van der Waals surface area contributed by atoms with E-state index in [1.807, 2.05) is 0 Å². The van der Waals surface area contributed by atoms with E-state index >= 15 is 0 Å². The van der Waals surface area contributed by atoms with E-state index in [2.05, 4.69) is 20.4 Å². The third kappa shape index (κ3) is 5.22. The van der Waals surface area contributed by atoms with E-state index in [0.717, 1.165) is 0 Å². The van der Waals surface area contributed by atoms with Crippen molar-refractivity contribution in [2.75, 3.05) is 25.5 Å². The molecule has 9 nitrogen and oxygen atoms in total. The van der Waals surface area contributed by atoms with Gasteiger partial charge in [-0.15, -0.1) is 0 Å². The number of hydrogen-bond donors (Lipinski definition) is 1. The molecule has 0 spiro atoms. The van der Waals surface area contributed by atoms with Gasteiger partial charge in [0.05, 0.1) is 19.3 Å². The molecule has 3 heterocycles. The molecule has 12 heteroatoms. The quantitative estimate of drug-likeness (QED) is 0.715. The van der Waals surface area contributed by atoms with E-state index in [1.54, 1.807) is 6.07 Å². The first-order chi connectivity index (χ1) is 15.3. The summed E-state index contributed by atoms with van der Waals surface area (Å²) >= 11 is 0. The van der Waals surface area contributed by atoms with Crippen LogP contribution in [0.15, 0.2) is 18.3 Å². The van der Waals surface area contributed by atoms with Crippen LogP contribution in [0.25, 0.3) is 5.95 Å². The first kappa shape index (κ1) is 22.2. The van der Waals surface area contributed by atoms with E-state index in [0.29, 0.717) is 38.2 Å². The van der Waals surface area contributed by atoms with Gasteiger partial charge in [-0.1, -0.05) is 0 Å². The Hall–Kier alpha value is -3.05. The van der Waals surface area contributed by atoms with E-state index < -0.39 is 18.7 Å². The molecule has 4 rings (SSSR count). The average Bonchev–Trinajstić information content (AvgIpc) is 3.44. The lowest BCUT2D eigenvalue weighted by atomic mass is 9.92. The SMILES string of the molecule is COC(=O)N1CCC(Oc2cc(NC3CCC(F)(F)CC3)nc(-n3ccc(CF)n3)n2)C1. The second kappa shape index (κ2) is 9.21. The minimum atomic E-state index is -2.63. The highest BCUT2D eigenvalue weighted by atomic mass is 19.3. The van der Waals surface area contributed by atoms with Crippen molar-refractivity contribution in [3.8, 4) is 11.8 Å². The number of anilines is 1. The number of nitrogens with one attached hydrogen (secondary N) is 1. The number of alkyl halides is 3. The maximum Gasteiger partial charge on any atom is 0.409 e. The Bertz CT molecular complexity index is 946. The lowest BCUT2D eigenvalue weighted by Gasteiger charge is -2.29. The van der Waals surface area contributed by atoms with Crippen LogP contribution in [0.1, 0.15) is 37.8 Å². The molecule has 0 aromatic carbocycles. The van der Waals surface area contributed by atoms with Crippen molar-refractivity contribution >= 4 is 11.9 Å². The van der Waals surface area contributed by atoms with Gasteiger partial charge in [0, 0.05) is 44.1 Å². The molecular formula is C20H25F3N6O3. The zero-order valence-electron chi connectivity index (χ0n) is 17.6. The standard InChI is InChI=1S/C20H25F3N6O3/c1-31-19(30)28-8-5-15(12-28)32-17-10-16(24-13-2-6-20(22,23)7-3-13)25-18(26-17)29-9-4-14(11-21)27-29/h4,9-10,13,15H,2-3,5-8,11-12H2,1H3,(H,24,25,26). The largest absolute Gasteiger partial charge is 0.472 e. The number of methoxy groups -OCH3 is 1. The Labute approximate surface area is 182 Å². The summed E-state index contributed by atoms with van der Waals surface area (Å²) in [7, 11) is 1.32. The summed E-state index contributed by atoms with van der Waals surface area (Å²) in [6.07, 6.45) is 1.67. The molecule has 2 fully saturated rings. The molecule has 1 aliphatic heterocycles. The third-order valence-corrected chi connectivity index (χ3v) is 5.61. The van der Waals surface area contributed by atoms with Crippen molar-refractivity contribution in [1.82, 2.24) is 24.6 Å². The summed E-state index contributed by atoms with van der Waals surface area (Å²) < 4.78 is 52.0. The van der Waals surface area contributed by atoms with Gasteiger partial charge in [0.2, 0.25) is 11.8 Å². The van der Waals surface area contributed by atoms with E-state index in [-0.39, 0.29) is 42.5 Å². The van der Waals surface area contributed by atoms with Crippen LogP contribution in [-0.2, 0) is 11.4 Å². The summed E-state index contributed by atoms with van der Waals surface area (Å²) in [6, 6.07) is 2.94. The number of likely N-dealkylation sites (tertiary alicyclic amines) is 1. The zero-order chi connectivity index (χ0) is 22.7. The van der Waals surface area contributed by atoms with Gasteiger partial charge < -0.3 is 19.7 Å². The molecule has 1 atom stereocenters. The van der Waals surface area contributed by atoms with Crippen molar-refractivity contribution in [2.24, 2.45) is 0 Å². The Morgan fingerprint density at radius 1 is 1.28 bits per heavy atom. The van der Waals surface area contributed by atoms with Gasteiger partial charge in [-0.3, -0.25) is 0 Å². The van der Waals surface area contributed by atoms with Crippen LogP contribution in [0, 0.1) is 0 Å². The van der Waals surface area contributed by atoms with Gasteiger partial charge in [-0.25, -0.2) is 22.6 Å². The van der Waals surface area contributed by atoms with Gasteiger partial charge in [-0.2, -0.15) is 15.1 Å². The molecule has 32 heavy (non-hydrogen) atoms. The molecule has 0 radical (unpaired) electrons. The fourth-order valence-electron chi connectivity index (χ4n) is 3.88. The molecule has 1 N–H and O–H groups in total. The molecule has 0 bridgehead atoms. The van der Waals surface area contributed by atoms with Gasteiger partial charge in [-0.05, 0) is 18.9 Å². The highest BCUT2D eigenvalue weighted by Gasteiger charge is 2.35. The van der Waals surface area contributed by atoms with Crippen LogP contribution in [0.2, 0.25) is 0 Å². The molecular weight excluding hydrogens is 429 g/mol. The predicted octanol–water partition coefficient (Wildman–Crippen LogP) is 3.34. The van der Waals surface area contributed by atoms with Crippen LogP contribution >= 0.6 is 0 Å². The monoisotopic (exact) mass is 454 g/mol. The van der Waals surface area contributed by atoms with Crippen LogP contribution < -0.4 is 10.1 Å². The summed E-state index contributed by atoms with van der Waals surface area (Å²) in [5, 5.41) is 7.28. The smallest absolute Gasteiger partial charge is 0.409 e. The molecule has 2 aromatic rings. The number of halogens is 3. The van der Waals surface area contributed by atoms with Crippen molar-refractivity contribution in [3.63, 3.8) is 0 Å². The number of aromatic nitrogens is 4. The minimum Gasteiger partial charge on any atom is -0.472 e. The molecule has 2 aliphatic rings. The second-order valence-electron chi connectivity index (χ2n) is 8.00. The molecule has 1 aliphatic carbocycles. The van der Waals surface area contributed by atoms with Crippen LogP contribution in [0.5, 0.6) is 5.88 Å². The number of ether oxygens (including phenoxy) is 2. The third-order valence-electron chi connectivity index (χ3n) is 5.61. The van der Waals surface area contributed by atoms with Crippen molar-refractivity contribution in [3.05, 3.63) is 24.0 Å².